The fourth-order valence-electron chi connectivity index (χ4n) is 2.84. The molecule has 0 atom stereocenters. The number of benzene rings is 2. The number of amides is 1. The highest BCUT2D eigenvalue weighted by Gasteiger charge is 2.23. The minimum absolute atomic E-state index is 0.133. The molecule has 0 saturated carbocycles. The summed E-state index contributed by atoms with van der Waals surface area (Å²) in [6.45, 7) is 0.760. The smallest absolute Gasteiger partial charge is 0.337 e. The summed E-state index contributed by atoms with van der Waals surface area (Å²) < 4.78 is 4.73. The van der Waals surface area contributed by atoms with Crippen molar-refractivity contribution in [2.24, 2.45) is 0 Å². The van der Waals surface area contributed by atoms with Crippen LogP contribution in [0.1, 0.15) is 21.5 Å². The Morgan fingerprint density at radius 1 is 1.17 bits per heavy atom. The molecule has 0 fully saturated rings. The molecule has 1 amide bonds. The van der Waals surface area contributed by atoms with E-state index >= 15 is 0 Å². The van der Waals surface area contributed by atoms with Crippen LogP contribution in [-0.2, 0) is 21.7 Å². The number of fused-ring (bicyclic) bond motifs is 1. The minimum Gasteiger partial charge on any atom is -0.465 e. The number of esters is 1. The van der Waals surface area contributed by atoms with Gasteiger partial charge < -0.3 is 9.64 Å². The Hall–Kier alpha value is -2.27. The average Bonchev–Trinajstić information content (AvgIpc) is 3.05. The lowest BCUT2D eigenvalue weighted by Gasteiger charge is -2.17. The van der Waals surface area contributed by atoms with Gasteiger partial charge in [-0.05, 0) is 35.7 Å². The van der Waals surface area contributed by atoms with Crippen LogP contribution in [0.3, 0.4) is 0 Å². The van der Waals surface area contributed by atoms with E-state index in [0.29, 0.717) is 17.1 Å². The lowest BCUT2D eigenvalue weighted by atomic mass is 10.1. The van der Waals surface area contributed by atoms with Crippen molar-refractivity contribution in [2.45, 2.75) is 12.2 Å². The Bertz CT molecular complexity index is 760. The van der Waals surface area contributed by atoms with Gasteiger partial charge in [-0.2, -0.15) is 0 Å². The molecule has 0 aliphatic carbocycles. The quantitative estimate of drug-likeness (QED) is 0.783. The molecule has 0 spiro atoms. The Labute approximate surface area is 145 Å². The van der Waals surface area contributed by atoms with Crippen molar-refractivity contribution in [1.82, 2.24) is 0 Å². The number of methoxy groups -OCH3 is 1. The number of hydrogen-bond acceptors (Lipinski definition) is 4. The molecule has 2 aromatic carbocycles. The molecule has 0 aromatic heterocycles. The Morgan fingerprint density at radius 2 is 2.00 bits per heavy atom. The molecule has 1 aliphatic rings. The number of anilines is 1. The molecule has 3 rings (SSSR count). The molecule has 0 bridgehead atoms. The monoisotopic (exact) mass is 341 g/mol. The molecular formula is C19H19NO3S. The number of carbonyl (C=O) groups is 2. The van der Waals surface area contributed by atoms with Crippen molar-refractivity contribution in [3.05, 3.63) is 65.2 Å². The van der Waals surface area contributed by atoms with Crippen LogP contribution < -0.4 is 4.90 Å². The summed E-state index contributed by atoms with van der Waals surface area (Å²) >= 11 is 1.56. The van der Waals surface area contributed by atoms with Gasteiger partial charge in [0.05, 0.1) is 18.4 Å². The molecule has 24 heavy (non-hydrogen) atoms. The fourth-order valence-corrected chi connectivity index (χ4v) is 3.69. The number of thioether (sulfide) groups is 1. The van der Waals surface area contributed by atoms with E-state index in [9.17, 15) is 9.59 Å². The molecule has 0 radical (unpaired) electrons. The molecule has 1 heterocycles. The van der Waals surface area contributed by atoms with E-state index in [1.165, 1.54) is 12.7 Å². The van der Waals surface area contributed by atoms with Crippen LogP contribution >= 0.6 is 11.8 Å². The molecule has 124 valence electrons. The zero-order valence-electron chi connectivity index (χ0n) is 13.5. The lowest BCUT2D eigenvalue weighted by Crippen LogP contribution is -2.30. The van der Waals surface area contributed by atoms with Crippen LogP contribution in [-0.4, -0.2) is 31.3 Å². The van der Waals surface area contributed by atoms with Gasteiger partial charge in [0.1, 0.15) is 0 Å². The van der Waals surface area contributed by atoms with Gasteiger partial charge in [0, 0.05) is 18.0 Å². The highest BCUT2D eigenvalue weighted by Crippen LogP contribution is 2.28. The lowest BCUT2D eigenvalue weighted by molar-refractivity contribution is -0.116. The molecule has 1 aliphatic heterocycles. The highest BCUT2D eigenvalue weighted by molar-refractivity contribution is 7.99. The number of ether oxygens (including phenoxy) is 1. The maximum atomic E-state index is 12.5. The van der Waals surface area contributed by atoms with Gasteiger partial charge in [0.15, 0.2) is 0 Å². The van der Waals surface area contributed by atoms with Gasteiger partial charge >= 0.3 is 5.97 Å². The van der Waals surface area contributed by atoms with Gasteiger partial charge in [-0.3, -0.25) is 4.79 Å². The Kier molecular flexibility index (Phi) is 5.20. The summed E-state index contributed by atoms with van der Waals surface area (Å²) in [6.07, 6.45) is 0.924. The summed E-state index contributed by atoms with van der Waals surface area (Å²) in [5.41, 5.74) is 3.82. The second kappa shape index (κ2) is 7.53. The molecule has 4 nitrogen and oxygen atoms in total. The first-order chi connectivity index (χ1) is 11.7. The number of hydrogen-bond donors (Lipinski definition) is 0. The molecular weight excluding hydrogens is 322 g/mol. The third-order valence-corrected chi connectivity index (χ3v) is 5.02. The average molecular weight is 341 g/mol. The number of para-hydroxylation sites is 1. The van der Waals surface area contributed by atoms with Crippen molar-refractivity contribution in [1.29, 1.82) is 0 Å². The van der Waals surface area contributed by atoms with Crippen molar-refractivity contribution < 1.29 is 14.3 Å². The van der Waals surface area contributed by atoms with Crippen molar-refractivity contribution in [3.8, 4) is 0 Å². The minimum atomic E-state index is -0.341. The van der Waals surface area contributed by atoms with E-state index in [2.05, 4.69) is 6.07 Å². The van der Waals surface area contributed by atoms with Gasteiger partial charge in [0.2, 0.25) is 5.91 Å². The van der Waals surface area contributed by atoms with Gasteiger partial charge in [-0.25, -0.2) is 4.79 Å². The van der Waals surface area contributed by atoms with Crippen LogP contribution in [0.4, 0.5) is 5.69 Å². The second-order valence-electron chi connectivity index (χ2n) is 5.61. The second-order valence-corrected chi connectivity index (χ2v) is 6.59. The van der Waals surface area contributed by atoms with Gasteiger partial charge in [-0.1, -0.05) is 30.3 Å². The summed E-state index contributed by atoms with van der Waals surface area (Å²) in [5.74, 6) is 0.906. The summed E-state index contributed by atoms with van der Waals surface area (Å²) in [7, 11) is 1.37. The van der Waals surface area contributed by atoms with Crippen LogP contribution in [0.2, 0.25) is 0 Å². The maximum Gasteiger partial charge on any atom is 0.337 e. The Balaban J connectivity index is 1.56. The Morgan fingerprint density at radius 3 is 2.83 bits per heavy atom. The highest BCUT2D eigenvalue weighted by atomic mass is 32.2. The van der Waals surface area contributed by atoms with Crippen molar-refractivity contribution in [3.63, 3.8) is 0 Å². The molecule has 0 saturated heterocycles. The van der Waals surface area contributed by atoms with Crippen LogP contribution in [0.5, 0.6) is 0 Å². The third-order valence-electron chi connectivity index (χ3n) is 4.03. The predicted molar refractivity (Wildman–Crippen MR) is 96.4 cm³/mol. The maximum absolute atomic E-state index is 12.5. The van der Waals surface area contributed by atoms with E-state index < -0.39 is 0 Å². The van der Waals surface area contributed by atoms with Crippen LogP contribution in [0.15, 0.2) is 48.5 Å². The summed E-state index contributed by atoms with van der Waals surface area (Å²) in [4.78, 5) is 25.9. The molecule has 5 heteroatoms. The number of carbonyl (C=O) groups excluding carboxylic acids is 2. The van der Waals surface area contributed by atoms with Crippen LogP contribution in [0.25, 0.3) is 0 Å². The largest absolute Gasteiger partial charge is 0.465 e. The molecule has 2 aromatic rings. The van der Waals surface area contributed by atoms with Crippen LogP contribution in [0, 0.1) is 0 Å². The summed E-state index contributed by atoms with van der Waals surface area (Å²) in [5, 5.41) is 0. The molecule has 0 N–H and O–H groups in total. The van der Waals surface area contributed by atoms with Crippen molar-refractivity contribution >= 4 is 29.3 Å². The SMILES string of the molecule is COC(=O)c1cccc(CSCC(=O)N2CCc3ccccc32)c1. The fraction of sp³-hybridized carbons (Fsp3) is 0.263. The zero-order chi connectivity index (χ0) is 16.9. The van der Waals surface area contributed by atoms with Crippen molar-refractivity contribution in [2.75, 3.05) is 24.3 Å². The van der Waals surface area contributed by atoms with Gasteiger partial charge in [0.25, 0.3) is 0 Å². The normalized spacial score (nSPS) is 12.8. The first-order valence-corrected chi connectivity index (χ1v) is 8.98. The standard InChI is InChI=1S/C19H19NO3S/c1-23-19(22)16-7-4-5-14(11-16)12-24-13-18(21)20-10-9-15-6-2-3-8-17(15)20/h2-8,11H,9-10,12-13H2,1H3. The molecule has 0 unspecified atom stereocenters. The first kappa shape index (κ1) is 16.6. The number of rotatable bonds is 5. The topological polar surface area (TPSA) is 46.6 Å². The van der Waals surface area contributed by atoms with E-state index in [1.54, 1.807) is 17.8 Å². The number of nitrogens with zero attached hydrogens (tertiary/aromatic N) is 1. The van der Waals surface area contributed by atoms with E-state index in [0.717, 1.165) is 24.2 Å². The first-order valence-electron chi connectivity index (χ1n) is 7.82. The predicted octanol–water partition coefficient (Wildman–Crippen LogP) is 3.30. The zero-order valence-corrected chi connectivity index (χ0v) is 14.3. The van der Waals surface area contributed by atoms with E-state index in [-0.39, 0.29) is 11.9 Å². The van der Waals surface area contributed by atoms with E-state index in [4.69, 9.17) is 4.74 Å². The van der Waals surface area contributed by atoms with E-state index in [1.807, 2.05) is 41.3 Å². The summed E-state index contributed by atoms with van der Waals surface area (Å²) in [6, 6.07) is 15.4. The third kappa shape index (κ3) is 3.62. The van der Waals surface area contributed by atoms with Gasteiger partial charge in [-0.15, -0.1) is 11.8 Å².